The number of H-pyrrole nitrogens is 2. The lowest BCUT2D eigenvalue weighted by atomic mass is 10.2. The zero-order valence-electron chi connectivity index (χ0n) is 12.4. The summed E-state index contributed by atoms with van der Waals surface area (Å²) in [5.74, 6) is 0.0437. The van der Waals surface area contributed by atoms with Gasteiger partial charge in [0.2, 0.25) is 5.56 Å². The Bertz CT molecular complexity index is 939. The Morgan fingerprint density at radius 3 is 2.64 bits per heavy atom. The fourth-order valence-electron chi connectivity index (χ4n) is 2.38. The van der Waals surface area contributed by atoms with Gasteiger partial charge in [0, 0.05) is 23.0 Å². The summed E-state index contributed by atoms with van der Waals surface area (Å²) in [5, 5.41) is 3.52. The predicted octanol–water partition coefficient (Wildman–Crippen LogP) is 1.82. The van der Waals surface area contributed by atoms with E-state index in [1.54, 1.807) is 13.0 Å². The average Bonchev–Trinajstić information content (AvgIpc) is 2.74. The van der Waals surface area contributed by atoms with E-state index < -0.39 is 0 Å². The lowest BCUT2D eigenvalue weighted by molar-refractivity contribution is 0.102. The molecule has 7 nitrogen and oxygen atoms in total. The monoisotopic (exact) mass is 297 g/mol. The third-order valence-corrected chi connectivity index (χ3v) is 3.56. The van der Waals surface area contributed by atoms with Crippen molar-refractivity contribution in [1.29, 1.82) is 0 Å². The van der Waals surface area contributed by atoms with Gasteiger partial charge in [0.25, 0.3) is 5.91 Å². The van der Waals surface area contributed by atoms with Crippen LogP contribution in [0.2, 0.25) is 0 Å². The number of hydrogen-bond acceptors (Lipinski definition) is 4. The van der Waals surface area contributed by atoms with E-state index in [2.05, 4.69) is 25.3 Å². The molecular weight excluding hydrogens is 282 g/mol. The van der Waals surface area contributed by atoms with E-state index in [0.29, 0.717) is 17.2 Å². The Morgan fingerprint density at radius 2 is 1.91 bits per heavy atom. The number of aromatic amines is 2. The highest BCUT2D eigenvalue weighted by Gasteiger charge is 2.15. The van der Waals surface area contributed by atoms with Crippen LogP contribution >= 0.6 is 0 Å². The zero-order valence-corrected chi connectivity index (χ0v) is 12.4. The van der Waals surface area contributed by atoms with Crippen LogP contribution in [-0.4, -0.2) is 25.8 Å². The molecule has 7 heteroatoms. The van der Waals surface area contributed by atoms with Gasteiger partial charge >= 0.3 is 0 Å². The Kier molecular flexibility index (Phi) is 3.25. The Morgan fingerprint density at radius 1 is 1.14 bits per heavy atom. The molecule has 0 unspecified atom stereocenters. The smallest absolute Gasteiger partial charge is 0.257 e. The molecule has 0 spiro atoms. The standard InChI is InChI=1S/C15H15N5O2/c1-7-4-10(5-11(21)18-7)15(22)20-14-12-8(2)9(3)19-13(12)16-6-17-14/h4-6H,1-3H3,(H,18,21)(H2,16,17,19,20,22). The molecule has 22 heavy (non-hydrogen) atoms. The highest BCUT2D eigenvalue weighted by atomic mass is 16.2. The van der Waals surface area contributed by atoms with Crippen molar-refractivity contribution in [3.63, 3.8) is 0 Å². The number of pyridine rings is 1. The van der Waals surface area contributed by atoms with Gasteiger partial charge in [-0.3, -0.25) is 9.59 Å². The first-order valence-corrected chi connectivity index (χ1v) is 6.78. The summed E-state index contributed by atoms with van der Waals surface area (Å²) < 4.78 is 0. The molecule has 3 aromatic heterocycles. The molecule has 3 heterocycles. The van der Waals surface area contributed by atoms with Gasteiger partial charge in [-0.05, 0) is 32.4 Å². The van der Waals surface area contributed by atoms with E-state index in [0.717, 1.165) is 16.6 Å². The first kappa shape index (κ1) is 14.0. The van der Waals surface area contributed by atoms with Crippen molar-refractivity contribution in [2.75, 3.05) is 5.32 Å². The van der Waals surface area contributed by atoms with Crippen LogP contribution < -0.4 is 10.9 Å². The van der Waals surface area contributed by atoms with Gasteiger partial charge in [-0.25, -0.2) is 9.97 Å². The predicted molar refractivity (Wildman–Crippen MR) is 83.1 cm³/mol. The zero-order chi connectivity index (χ0) is 15.9. The second kappa shape index (κ2) is 5.10. The van der Waals surface area contributed by atoms with Crippen LogP contribution in [0.25, 0.3) is 11.0 Å². The molecule has 0 aromatic carbocycles. The van der Waals surface area contributed by atoms with Crippen molar-refractivity contribution in [2.24, 2.45) is 0 Å². The number of fused-ring (bicyclic) bond motifs is 1. The van der Waals surface area contributed by atoms with E-state index in [-0.39, 0.29) is 17.0 Å². The quantitative estimate of drug-likeness (QED) is 0.671. The molecule has 1 amide bonds. The van der Waals surface area contributed by atoms with E-state index in [9.17, 15) is 9.59 Å². The van der Waals surface area contributed by atoms with Crippen molar-refractivity contribution >= 4 is 22.8 Å². The Hall–Kier alpha value is -2.96. The number of aromatic nitrogens is 4. The van der Waals surface area contributed by atoms with Crippen LogP contribution in [0.1, 0.15) is 27.3 Å². The number of rotatable bonds is 2. The van der Waals surface area contributed by atoms with Gasteiger partial charge in [0.15, 0.2) is 0 Å². The SMILES string of the molecule is Cc1cc(C(=O)Nc2ncnc3[nH]c(C)c(C)c23)cc(=O)[nH]1. The molecule has 0 radical (unpaired) electrons. The van der Waals surface area contributed by atoms with Crippen molar-refractivity contribution in [2.45, 2.75) is 20.8 Å². The van der Waals surface area contributed by atoms with E-state index in [4.69, 9.17) is 0 Å². The number of aryl methyl sites for hydroxylation is 3. The summed E-state index contributed by atoms with van der Waals surface area (Å²) in [5.41, 5.74) is 3.22. The van der Waals surface area contributed by atoms with Crippen molar-refractivity contribution < 1.29 is 4.79 Å². The second-order valence-corrected chi connectivity index (χ2v) is 5.19. The highest BCUT2D eigenvalue weighted by Crippen LogP contribution is 2.25. The fourth-order valence-corrected chi connectivity index (χ4v) is 2.38. The molecule has 0 atom stereocenters. The minimum Gasteiger partial charge on any atom is -0.343 e. The molecule has 0 aliphatic rings. The maximum atomic E-state index is 12.3. The highest BCUT2D eigenvalue weighted by molar-refractivity contribution is 6.08. The topological polar surface area (TPSA) is 104 Å². The normalized spacial score (nSPS) is 10.9. The third kappa shape index (κ3) is 2.37. The minimum absolute atomic E-state index is 0.290. The van der Waals surface area contributed by atoms with Crippen molar-refractivity contribution in [3.05, 3.63) is 51.3 Å². The maximum Gasteiger partial charge on any atom is 0.257 e. The summed E-state index contributed by atoms with van der Waals surface area (Å²) in [6.07, 6.45) is 1.39. The molecule has 0 aliphatic heterocycles. The molecule has 0 aliphatic carbocycles. The molecule has 0 saturated heterocycles. The first-order chi connectivity index (χ1) is 10.5. The van der Waals surface area contributed by atoms with Gasteiger partial charge in [-0.15, -0.1) is 0 Å². The Balaban J connectivity index is 2.03. The largest absolute Gasteiger partial charge is 0.343 e. The summed E-state index contributed by atoms with van der Waals surface area (Å²) in [6.45, 7) is 5.59. The first-order valence-electron chi connectivity index (χ1n) is 6.78. The lowest BCUT2D eigenvalue weighted by Gasteiger charge is -2.06. The molecule has 0 fully saturated rings. The number of nitrogens with zero attached hydrogens (tertiary/aromatic N) is 2. The number of carbonyl (C=O) groups excluding carboxylic acids is 1. The second-order valence-electron chi connectivity index (χ2n) is 5.19. The van der Waals surface area contributed by atoms with Gasteiger partial charge in [-0.1, -0.05) is 0 Å². The molecule has 3 rings (SSSR count). The number of amides is 1. The van der Waals surface area contributed by atoms with Gasteiger partial charge in [0.1, 0.15) is 17.8 Å². The molecular formula is C15H15N5O2. The number of nitrogens with one attached hydrogen (secondary N) is 3. The molecule has 3 N–H and O–H groups in total. The summed E-state index contributed by atoms with van der Waals surface area (Å²) in [6, 6.07) is 2.88. The number of carbonyl (C=O) groups is 1. The van der Waals surface area contributed by atoms with Crippen molar-refractivity contribution in [3.8, 4) is 0 Å². The number of anilines is 1. The molecule has 3 aromatic rings. The third-order valence-electron chi connectivity index (χ3n) is 3.56. The van der Waals surface area contributed by atoms with Gasteiger partial charge in [-0.2, -0.15) is 0 Å². The number of hydrogen-bond donors (Lipinski definition) is 3. The van der Waals surface area contributed by atoms with Crippen LogP contribution in [0.15, 0.2) is 23.3 Å². The lowest BCUT2D eigenvalue weighted by Crippen LogP contribution is -2.17. The van der Waals surface area contributed by atoms with Crippen molar-refractivity contribution in [1.82, 2.24) is 19.9 Å². The van der Waals surface area contributed by atoms with Crippen LogP contribution in [0.3, 0.4) is 0 Å². The summed E-state index contributed by atoms with van der Waals surface area (Å²) in [4.78, 5) is 37.9. The van der Waals surface area contributed by atoms with Crippen LogP contribution in [0.5, 0.6) is 0 Å². The Labute approximate surface area is 125 Å². The van der Waals surface area contributed by atoms with Crippen LogP contribution in [-0.2, 0) is 0 Å². The van der Waals surface area contributed by atoms with E-state index in [1.807, 2.05) is 13.8 Å². The minimum atomic E-state index is -0.382. The van der Waals surface area contributed by atoms with Crippen LogP contribution in [0, 0.1) is 20.8 Å². The van der Waals surface area contributed by atoms with Crippen LogP contribution in [0.4, 0.5) is 5.82 Å². The van der Waals surface area contributed by atoms with E-state index in [1.165, 1.54) is 12.4 Å². The fraction of sp³-hybridized carbons (Fsp3) is 0.200. The van der Waals surface area contributed by atoms with Gasteiger partial charge < -0.3 is 15.3 Å². The van der Waals surface area contributed by atoms with E-state index >= 15 is 0 Å². The molecule has 0 saturated carbocycles. The maximum absolute atomic E-state index is 12.3. The summed E-state index contributed by atoms with van der Waals surface area (Å²) in [7, 11) is 0. The average molecular weight is 297 g/mol. The summed E-state index contributed by atoms with van der Waals surface area (Å²) >= 11 is 0. The van der Waals surface area contributed by atoms with Gasteiger partial charge in [0.05, 0.1) is 5.39 Å². The molecule has 0 bridgehead atoms. The molecule has 112 valence electrons.